The molecule has 0 saturated carbocycles. The SMILES string of the molecule is Nc1cnccc1C(=O)Nc1cc2c(c(-c3cc4ccccc4s3)c1)CN=C2. The quantitative estimate of drug-likeness (QED) is 0.536. The Bertz CT molecular complexity index is 1230. The summed E-state index contributed by atoms with van der Waals surface area (Å²) < 4.78 is 1.24. The zero-order chi connectivity index (χ0) is 19.1. The van der Waals surface area contributed by atoms with E-state index in [9.17, 15) is 4.79 Å². The van der Waals surface area contributed by atoms with Gasteiger partial charge in [-0.05, 0) is 46.8 Å². The lowest BCUT2D eigenvalue weighted by atomic mass is 10.00. The molecule has 4 aromatic rings. The Balaban J connectivity index is 1.57. The number of nitrogens with two attached hydrogens (primary N) is 1. The van der Waals surface area contributed by atoms with E-state index in [0.29, 0.717) is 17.8 Å². The van der Waals surface area contributed by atoms with Crippen LogP contribution in [0.1, 0.15) is 21.5 Å². The van der Waals surface area contributed by atoms with Crippen LogP contribution in [0, 0.1) is 0 Å². The van der Waals surface area contributed by atoms with Gasteiger partial charge in [-0.15, -0.1) is 11.3 Å². The Hall–Kier alpha value is -3.51. The number of carbonyl (C=O) groups excluding carboxylic acids is 1. The van der Waals surface area contributed by atoms with E-state index < -0.39 is 0 Å². The fraction of sp³-hybridized carbons (Fsp3) is 0.0455. The van der Waals surface area contributed by atoms with Crippen LogP contribution in [0.5, 0.6) is 0 Å². The molecular weight excluding hydrogens is 368 g/mol. The highest BCUT2D eigenvalue weighted by Gasteiger charge is 2.18. The average molecular weight is 384 g/mol. The van der Waals surface area contributed by atoms with E-state index in [0.717, 1.165) is 16.8 Å². The molecule has 28 heavy (non-hydrogen) atoms. The molecule has 2 aromatic heterocycles. The van der Waals surface area contributed by atoms with E-state index in [1.807, 2.05) is 30.5 Å². The number of carbonyl (C=O) groups is 1. The number of rotatable bonds is 3. The van der Waals surface area contributed by atoms with Crippen molar-refractivity contribution in [3.63, 3.8) is 0 Å². The molecule has 1 aliphatic rings. The summed E-state index contributed by atoms with van der Waals surface area (Å²) in [6.45, 7) is 0.657. The monoisotopic (exact) mass is 384 g/mol. The number of thiophene rings is 1. The highest BCUT2D eigenvalue weighted by atomic mass is 32.1. The Morgan fingerprint density at radius 2 is 2.04 bits per heavy atom. The van der Waals surface area contributed by atoms with Gasteiger partial charge in [-0.1, -0.05) is 18.2 Å². The summed E-state index contributed by atoms with van der Waals surface area (Å²) in [6, 6.07) is 16.1. The number of nitrogen functional groups attached to an aromatic ring is 1. The molecule has 136 valence electrons. The molecule has 2 aromatic carbocycles. The Morgan fingerprint density at radius 3 is 2.89 bits per heavy atom. The molecule has 0 unspecified atom stereocenters. The number of hydrogen-bond donors (Lipinski definition) is 2. The minimum atomic E-state index is -0.253. The standard InChI is InChI=1S/C22H16N4OS/c23-19-12-24-6-5-16(19)22(27)26-15-7-14-10-25-11-18(14)17(9-15)21-8-13-3-1-2-4-20(13)28-21/h1-10,12H,11,23H2,(H,26,27). The van der Waals surface area contributed by atoms with Crippen molar-refractivity contribution in [3.8, 4) is 10.4 Å². The summed E-state index contributed by atoms with van der Waals surface area (Å²) in [5, 5.41) is 4.19. The van der Waals surface area contributed by atoms with E-state index in [1.165, 1.54) is 26.7 Å². The van der Waals surface area contributed by atoms with Gasteiger partial charge in [0.05, 0.1) is 24.0 Å². The number of aromatic nitrogens is 1. The maximum absolute atomic E-state index is 12.7. The molecule has 0 atom stereocenters. The lowest BCUT2D eigenvalue weighted by Gasteiger charge is -2.12. The molecule has 0 saturated heterocycles. The van der Waals surface area contributed by atoms with Crippen molar-refractivity contribution in [3.05, 3.63) is 77.6 Å². The summed E-state index contributed by atoms with van der Waals surface area (Å²) in [4.78, 5) is 22.2. The van der Waals surface area contributed by atoms with E-state index in [2.05, 4.69) is 33.5 Å². The van der Waals surface area contributed by atoms with Crippen LogP contribution in [0.3, 0.4) is 0 Å². The van der Waals surface area contributed by atoms with Crippen LogP contribution in [-0.2, 0) is 6.54 Å². The van der Waals surface area contributed by atoms with Crippen LogP contribution >= 0.6 is 11.3 Å². The zero-order valence-corrected chi connectivity index (χ0v) is 15.7. The van der Waals surface area contributed by atoms with Gasteiger partial charge in [-0.3, -0.25) is 14.8 Å². The lowest BCUT2D eigenvalue weighted by molar-refractivity contribution is 0.102. The van der Waals surface area contributed by atoms with Crippen molar-refractivity contribution >= 4 is 44.9 Å². The number of nitrogens with zero attached hydrogens (tertiary/aromatic N) is 2. The molecule has 6 heteroatoms. The molecule has 3 N–H and O–H groups in total. The number of pyridine rings is 1. The maximum Gasteiger partial charge on any atom is 0.257 e. The van der Waals surface area contributed by atoms with E-state index in [4.69, 9.17) is 5.73 Å². The third-order valence-corrected chi connectivity index (χ3v) is 5.96. The first kappa shape index (κ1) is 16.6. The summed E-state index contributed by atoms with van der Waals surface area (Å²) in [5.41, 5.74) is 10.7. The topological polar surface area (TPSA) is 80.4 Å². The van der Waals surface area contributed by atoms with Crippen LogP contribution in [0.4, 0.5) is 11.4 Å². The van der Waals surface area contributed by atoms with E-state index >= 15 is 0 Å². The fourth-order valence-corrected chi connectivity index (χ4v) is 4.55. The lowest BCUT2D eigenvalue weighted by Crippen LogP contribution is -2.14. The minimum absolute atomic E-state index is 0.253. The predicted octanol–water partition coefficient (Wildman–Crippen LogP) is 4.73. The van der Waals surface area contributed by atoms with Gasteiger partial charge in [0.25, 0.3) is 5.91 Å². The first-order chi connectivity index (χ1) is 13.7. The second kappa shape index (κ2) is 6.58. The third kappa shape index (κ3) is 2.84. The van der Waals surface area contributed by atoms with Gasteiger partial charge >= 0.3 is 0 Å². The zero-order valence-electron chi connectivity index (χ0n) is 14.8. The molecule has 3 heterocycles. The molecule has 1 aliphatic heterocycles. The van der Waals surface area contributed by atoms with Crippen LogP contribution in [0.2, 0.25) is 0 Å². The number of hydrogen-bond acceptors (Lipinski definition) is 5. The predicted molar refractivity (Wildman–Crippen MR) is 115 cm³/mol. The van der Waals surface area contributed by atoms with Crippen LogP contribution in [0.25, 0.3) is 20.5 Å². The van der Waals surface area contributed by atoms with E-state index in [-0.39, 0.29) is 5.91 Å². The molecule has 1 amide bonds. The molecular formula is C22H16N4OS. The van der Waals surface area contributed by atoms with E-state index in [1.54, 1.807) is 23.6 Å². The third-order valence-electron chi connectivity index (χ3n) is 4.81. The van der Waals surface area contributed by atoms with Crippen molar-refractivity contribution in [1.29, 1.82) is 0 Å². The summed E-state index contributed by atoms with van der Waals surface area (Å²) in [5.74, 6) is -0.253. The Morgan fingerprint density at radius 1 is 1.14 bits per heavy atom. The summed E-state index contributed by atoms with van der Waals surface area (Å²) in [6.07, 6.45) is 4.90. The van der Waals surface area contributed by atoms with Crippen molar-refractivity contribution < 1.29 is 4.79 Å². The van der Waals surface area contributed by atoms with Crippen molar-refractivity contribution in [2.75, 3.05) is 11.1 Å². The number of aliphatic imine (C=N–C) groups is 1. The Labute approximate surface area is 165 Å². The van der Waals surface area contributed by atoms with Crippen molar-refractivity contribution in [2.45, 2.75) is 6.54 Å². The molecule has 0 bridgehead atoms. The van der Waals surface area contributed by atoms with Crippen molar-refractivity contribution in [1.82, 2.24) is 4.98 Å². The highest BCUT2D eigenvalue weighted by molar-refractivity contribution is 7.22. The van der Waals surface area contributed by atoms with Gasteiger partial charge < -0.3 is 11.1 Å². The first-order valence-electron chi connectivity index (χ1n) is 8.85. The summed E-state index contributed by atoms with van der Waals surface area (Å²) in [7, 11) is 0. The van der Waals surface area contributed by atoms with Gasteiger partial charge in [0.2, 0.25) is 0 Å². The average Bonchev–Trinajstić information content (AvgIpc) is 3.34. The van der Waals surface area contributed by atoms with Crippen molar-refractivity contribution in [2.24, 2.45) is 4.99 Å². The van der Waals surface area contributed by atoms with Gasteiger partial charge in [0.1, 0.15) is 0 Å². The fourth-order valence-electron chi connectivity index (χ4n) is 3.44. The minimum Gasteiger partial charge on any atom is -0.397 e. The number of benzene rings is 2. The molecule has 0 spiro atoms. The molecule has 0 aliphatic carbocycles. The summed E-state index contributed by atoms with van der Waals surface area (Å²) >= 11 is 1.75. The Kier molecular flexibility index (Phi) is 3.91. The van der Waals surface area contributed by atoms with Crippen LogP contribution in [-0.4, -0.2) is 17.1 Å². The smallest absolute Gasteiger partial charge is 0.257 e. The van der Waals surface area contributed by atoms with Gasteiger partial charge in [-0.2, -0.15) is 0 Å². The largest absolute Gasteiger partial charge is 0.397 e. The van der Waals surface area contributed by atoms with Gasteiger partial charge in [-0.25, -0.2) is 0 Å². The van der Waals surface area contributed by atoms with Crippen LogP contribution < -0.4 is 11.1 Å². The van der Waals surface area contributed by atoms with Gasteiger partial charge in [0, 0.05) is 33.2 Å². The van der Waals surface area contributed by atoms with Gasteiger partial charge in [0.15, 0.2) is 0 Å². The second-order valence-electron chi connectivity index (χ2n) is 6.63. The number of fused-ring (bicyclic) bond motifs is 2. The molecule has 5 rings (SSSR count). The molecule has 5 nitrogen and oxygen atoms in total. The first-order valence-corrected chi connectivity index (χ1v) is 9.67. The molecule has 0 fully saturated rings. The highest BCUT2D eigenvalue weighted by Crippen LogP contribution is 2.39. The number of amides is 1. The normalized spacial score (nSPS) is 12.3. The second-order valence-corrected chi connectivity index (χ2v) is 7.71. The molecule has 0 radical (unpaired) electrons. The number of nitrogens with one attached hydrogen (secondary N) is 1. The van der Waals surface area contributed by atoms with Crippen LogP contribution in [0.15, 0.2) is 65.9 Å². The maximum atomic E-state index is 12.7. The number of anilines is 2.